The van der Waals surface area contributed by atoms with Crippen LogP contribution in [-0.4, -0.2) is 35.2 Å². The van der Waals surface area contributed by atoms with Crippen molar-refractivity contribution in [3.8, 4) is 5.69 Å². The minimum absolute atomic E-state index is 0.135. The summed E-state index contributed by atoms with van der Waals surface area (Å²) in [5.74, 6) is -0.297. The number of nitrogens with one attached hydrogen (secondary N) is 2. The van der Waals surface area contributed by atoms with Crippen LogP contribution < -0.4 is 10.6 Å². The molecular formula is C22H22N4O2. The number of carbonyl (C=O) groups excluding carboxylic acids is 2. The lowest BCUT2D eigenvalue weighted by Crippen LogP contribution is -2.23. The number of carbonyl (C=O) groups is 2. The van der Waals surface area contributed by atoms with Gasteiger partial charge >= 0.3 is 0 Å². The molecule has 142 valence electrons. The molecule has 0 fully saturated rings. The van der Waals surface area contributed by atoms with Gasteiger partial charge in [-0.3, -0.25) is 9.59 Å². The monoisotopic (exact) mass is 374 g/mol. The largest absolute Gasteiger partial charge is 0.355 e. The molecule has 1 aromatic heterocycles. The van der Waals surface area contributed by atoms with Gasteiger partial charge in [0.15, 0.2) is 0 Å². The summed E-state index contributed by atoms with van der Waals surface area (Å²) in [6.07, 6.45) is 7.68. The lowest BCUT2D eigenvalue weighted by atomic mass is 10.1. The van der Waals surface area contributed by atoms with Gasteiger partial charge in [-0.05, 0) is 47.9 Å². The second-order valence-electron chi connectivity index (χ2n) is 6.20. The van der Waals surface area contributed by atoms with Crippen molar-refractivity contribution >= 4 is 17.9 Å². The number of aromatic nitrogens is 2. The van der Waals surface area contributed by atoms with Gasteiger partial charge in [0.2, 0.25) is 5.91 Å². The minimum atomic E-state index is -0.161. The third kappa shape index (κ3) is 5.17. The Hall–Kier alpha value is -3.67. The summed E-state index contributed by atoms with van der Waals surface area (Å²) in [4.78, 5) is 23.5. The predicted octanol–water partition coefficient (Wildman–Crippen LogP) is 2.60. The van der Waals surface area contributed by atoms with Crippen LogP contribution in [0.4, 0.5) is 0 Å². The number of amides is 2. The van der Waals surface area contributed by atoms with E-state index in [9.17, 15) is 9.59 Å². The van der Waals surface area contributed by atoms with E-state index in [2.05, 4.69) is 15.7 Å². The summed E-state index contributed by atoms with van der Waals surface area (Å²) in [5, 5.41) is 9.78. The fourth-order valence-corrected chi connectivity index (χ4v) is 2.66. The Labute approximate surface area is 163 Å². The standard InChI is InChI=1S/C22H22N4O2/c1-23-22(28)19-10-7-17(8-11-19)9-12-21(27)24-14-13-18-15-25-26(16-18)20-5-3-2-4-6-20/h2-12,15-16H,13-14H2,1H3,(H,23,28)(H,24,27)/b12-9+. The lowest BCUT2D eigenvalue weighted by molar-refractivity contribution is -0.116. The van der Waals surface area contributed by atoms with Crippen molar-refractivity contribution in [2.24, 2.45) is 0 Å². The highest BCUT2D eigenvalue weighted by Gasteiger charge is 2.03. The van der Waals surface area contributed by atoms with Crippen LogP contribution >= 0.6 is 0 Å². The first kappa shape index (κ1) is 19.1. The average Bonchev–Trinajstić information content (AvgIpc) is 3.21. The van der Waals surface area contributed by atoms with E-state index < -0.39 is 0 Å². The fraction of sp³-hybridized carbons (Fsp3) is 0.136. The van der Waals surface area contributed by atoms with Crippen molar-refractivity contribution in [3.05, 3.63) is 89.8 Å². The molecule has 6 heteroatoms. The molecule has 2 amide bonds. The van der Waals surface area contributed by atoms with Crippen LogP contribution in [0.25, 0.3) is 11.8 Å². The van der Waals surface area contributed by atoms with Crippen molar-refractivity contribution in [3.63, 3.8) is 0 Å². The number of hydrogen-bond acceptors (Lipinski definition) is 3. The second kappa shape index (κ2) is 9.32. The first-order valence-corrected chi connectivity index (χ1v) is 9.03. The van der Waals surface area contributed by atoms with Crippen LogP contribution in [0, 0.1) is 0 Å². The summed E-state index contributed by atoms with van der Waals surface area (Å²) in [5.41, 5.74) is 3.49. The number of hydrogen-bond donors (Lipinski definition) is 2. The van der Waals surface area contributed by atoms with Crippen LogP contribution in [-0.2, 0) is 11.2 Å². The van der Waals surface area contributed by atoms with Crippen LogP contribution in [0.2, 0.25) is 0 Å². The van der Waals surface area contributed by atoms with Crippen molar-refractivity contribution in [1.29, 1.82) is 0 Å². The number of benzene rings is 2. The molecule has 0 unspecified atom stereocenters. The van der Waals surface area contributed by atoms with E-state index in [1.54, 1.807) is 37.4 Å². The molecule has 0 bridgehead atoms. The van der Waals surface area contributed by atoms with Gasteiger partial charge in [-0.15, -0.1) is 0 Å². The summed E-state index contributed by atoms with van der Waals surface area (Å²) < 4.78 is 1.82. The lowest BCUT2D eigenvalue weighted by Gasteiger charge is -2.02. The van der Waals surface area contributed by atoms with Crippen LogP contribution in [0.15, 0.2) is 73.1 Å². The number of para-hydroxylation sites is 1. The van der Waals surface area contributed by atoms with E-state index in [1.165, 1.54) is 6.08 Å². The van der Waals surface area contributed by atoms with Crippen LogP contribution in [0.3, 0.4) is 0 Å². The maximum atomic E-state index is 12.0. The van der Waals surface area contributed by atoms with Gasteiger partial charge in [-0.25, -0.2) is 4.68 Å². The van der Waals surface area contributed by atoms with E-state index >= 15 is 0 Å². The molecule has 2 aromatic carbocycles. The Morgan fingerprint density at radius 3 is 2.54 bits per heavy atom. The molecule has 0 aliphatic rings. The van der Waals surface area contributed by atoms with Crippen LogP contribution in [0.1, 0.15) is 21.5 Å². The minimum Gasteiger partial charge on any atom is -0.355 e. The molecular weight excluding hydrogens is 352 g/mol. The normalized spacial score (nSPS) is 10.8. The van der Waals surface area contributed by atoms with Gasteiger partial charge in [0.05, 0.1) is 11.9 Å². The van der Waals surface area contributed by atoms with Crippen molar-refractivity contribution in [2.75, 3.05) is 13.6 Å². The van der Waals surface area contributed by atoms with Crippen molar-refractivity contribution in [1.82, 2.24) is 20.4 Å². The zero-order valence-corrected chi connectivity index (χ0v) is 15.6. The second-order valence-corrected chi connectivity index (χ2v) is 6.20. The molecule has 3 aromatic rings. The molecule has 0 aliphatic heterocycles. The maximum Gasteiger partial charge on any atom is 0.251 e. The van der Waals surface area contributed by atoms with Crippen LogP contribution in [0.5, 0.6) is 0 Å². The Kier molecular flexibility index (Phi) is 6.36. The Morgan fingerprint density at radius 2 is 1.82 bits per heavy atom. The smallest absolute Gasteiger partial charge is 0.251 e. The molecule has 6 nitrogen and oxygen atoms in total. The van der Waals surface area contributed by atoms with Gasteiger partial charge in [0.25, 0.3) is 5.91 Å². The molecule has 0 aliphatic carbocycles. The Bertz CT molecular complexity index is 960. The first-order chi connectivity index (χ1) is 13.7. The quantitative estimate of drug-likeness (QED) is 0.624. The van der Waals surface area contributed by atoms with E-state index in [0.29, 0.717) is 18.5 Å². The van der Waals surface area contributed by atoms with Crippen molar-refractivity contribution < 1.29 is 9.59 Å². The highest BCUT2D eigenvalue weighted by molar-refractivity contribution is 5.94. The molecule has 0 radical (unpaired) electrons. The van der Waals surface area contributed by atoms with E-state index in [1.807, 2.05) is 47.4 Å². The third-order valence-electron chi connectivity index (χ3n) is 4.20. The molecule has 2 N–H and O–H groups in total. The van der Waals surface area contributed by atoms with Gasteiger partial charge in [0, 0.05) is 31.4 Å². The number of rotatable bonds is 7. The predicted molar refractivity (Wildman–Crippen MR) is 109 cm³/mol. The molecule has 0 spiro atoms. The van der Waals surface area contributed by atoms with E-state index in [4.69, 9.17) is 0 Å². The highest BCUT2D eigenvalue weighted by Crippen LogP contribution is 2.08. The zero-order valence-electron chi connectivity index (χ0n) is 15.6. The molecule has 1 heterocycles. The summed E-state index contributed by atoms with van der Waals surface area (Å²) in [6.45, 7) is 0.527. The maximum absolute atomic E-state index is 12.0. The van der Waals surface area contributed by atoms with Gasteiger partial charge in [-0.1, -0.05) is 30.3 Å². The molecule has 0 saturated carbocycles. The van der Waals surface area contributed by atoms with E-state index in [0.717, 1.165) is 16.8 Å². The molecule has 0 saturated heterocycles. The SMILES string of the molecule is CNC(=O)c1ccc(/C=C/C(=O)NCCc2cnn(-c3ccccc3)c2)cc1. The topological polar surface area (TPSA) is 76.0 Å². The molecule has 3 rings (SSSR count). The average molecular weight is 374 g/mol. The van der Waals surface area contributed by atoms with Gasteiger partial charge in [-0.2, -0.15) is 5.10 Å². The fourth-order valence-electron chi connectivity index (χ4n) is 2.66. The Balaban J connectivity index is 1.46. The Morgan fingerprint density at radius 1 is 1.07 bits per heavy atom. The third-order valence-corrected chi connectivity index (χ3v) is 4.20. The summed E-state index contributed by atoms with van der Waals surface area (Å²) in [7, 11) is 1.59. The number of nitrogens with zero attached hydrogens (tertiary/aromatic N) is 2. The van der Waals surface area contributed by atoms with E-state index in [-0.39, 0.29) is 11.8 Å². The summed E-state index contributed by atoms with van der Waals surface area (Å²) >= 11 is 0. The van der Waals surface area contributed by atoms with Gasteiger partial charge in [0.1, 0.15) is 0 Å². The highest BCUT2D eigenvalue weighted by atomic mass is 16.2. The zero-order chi connectivity index (χ0) is 19.8. The molecule has 0 atom stereocenters. The van der Waals surface area contributed by atoms with Gasteiger partial charge < -0.3 is 10.6 Å². The first-order valence-electron chi connectivity index (χ1n) is 9.03. The molecule has 28 heavy (non-hydrogen) atoms. The van der Waals surface area contributed by atoms with Crippen molar-refractivity contribution in [2.45, 2.75) is 6.42 Å². The summed E-state index contributed by atoms with van der Waals surface area (Å²) in [6, 6.07) is 16.9.